The molecule has 0 saturated carbocycles. The molecule has 1 heterocycles. The standard InChI is InChI=1S/C14H19N3O/c1-9(2)17-13(8-18)15-16-14(17)12-6-10(3)5-11(4)7-12/h5-7,9,18H,8H2,1-4H3. The van der Waals surface area contributed by atoms with E-state index in [4.69, 9.17) is 0 Å². The number of hydrogen-bond donors (Lipinski definition) is 1. The Bertz CT molecular complexity index is 538. The van der Waals surface area contributed by atoms with E-state index >= 15 is 0 Å². The van der Waals surface area contributed by atoms with Crippen LogP contribution in [-0.4, -0.2) is 19.9 Å². The fourth-order valence-electron chi connectivity index (χ4n) is 2.27. The molecule has 0 saturated heterocycles. The third kappa shape index (κ3) is 2.29. The van der Waals surface area contributed by atoms with Crippen molar-refractivity contribution in [1.29, 1.82) is 0 Å². The van der Waals surface area contributed by atoms with E-state index in [1.54, 1.807) is 0 Å². The van der Waals surface area contributed by atoms with Crippen molar-refractivity contribution in [1.82, 2.24) is 14.8 Å². The third-order valence-electron chi connectivity index (χ3n) is 2.90. The normalized spacial score (nSPS) is 11.2. The Morgan fingerprint density at radius 2 is 1.72 bits per heavy atom. The zero-order valence-electron chi connectivity index (χ0n) is 11.3. The molecule has 4 heteroatoms. The van der Waals surface area contributed by atoms with E-state index in [1.165, 1.54) is 11.1 Å². The van der Waals surface area contributed by atoms with Crippen molar-refractivity contribution in [2.24, 2.45) is 0 Å². The lowest BCUT2D eigenvalue weighted by Gasteiger charge is -2.13. The summed E-state index contributed by atoms with van der Waals surface area (Å²) in [7, 11) is 0. The molecular weight excluding hydrogens is 226 g/mol. The van der Waals surface area contributed by atoms with Crippen LogP contribution in [0, 0.1) is 13.8 Å². The Hall–Kier alpha value is -1.68. The molecule has 0 unspecified atom stereocenters. The quantitative estimate of drug-likeness (QED) is 0.904. The summed E-state index contributed by atoms with van der Waals surface area (Å²) in [6, 6.07) is 6.54. The second-order valence-corrected chi connectivity index (χ2v) is 4.94. The number of benzene rings is 1. The van der Waals surface area contributed by atoms with Crippen LogP contribution in [0.4, 0.5) is 0 Å². The number of aromatic nitrogens is 3. The molecule has 0 bridgehead atoms. The molecule has 0 aliphatic heterocycles. The molecule has 18 heavy (non-hydrogen) atoms. The zero-order chi connectivity index (χ0) is 13.3. The summed E-state index contributed by atoms with van der Waals surface area (Å²) < 4.78 is 1.98. The maximum absolute atomic E-state index is 9.31. The SMILES string of the molecule is Cc1cc(C)cc(-c2nnc(CO)n2C(C)C)c1. The summed E-state index contributed by atoms with van der Waals surface area (Å²) in [6.45, 7) is 8.18. The summed E-state index contributed by atoms with van der Waals surface area (Å²) in [5.74, 6) is 1.43. The van der Waals surface area contributed by atoms with Crippen LogP contribution in [0.25, 0.3) is 11.4 Å². The van der Waals surface area contributed by atoms with E-state index in [-0.39, 0.29) is 12.6 Å². The van der Waals surface area contributed by atoms with Crippen LogP contribution < -0.4 is 0 Å². The van der Waals surface area contributed by atoms with E-state index in [0.29, 0.717) is 5.82 Å². The average Bonchev–Trinajstić information content (AvgIpc) is 2.71. The molecule has 2 aromatic rings. The molecule has 2 rings (SSSR count). The second-order valence-electron chi connectivity index (χ2n) is 4.94. The lowest BCUT2D eigenvalue weighted by Crippen LogP contribution is -2.08. The molecule has 96 valence electrons. The van der Waals surface area contributed by atoms with Crippen molar-refractivity contribution in [2.45, 2.75) is 40.3 Å². The van der Waals surface area contributed by atoms with Crippen molar-refractivity contribution in [3.05, 3.63) is 35.2 Å². The molecule has 4 nitrogen and oxygen atoms in total. The number of aliphatic hydroxyl groups excluding tert-OH is 1. The first-order chi connectivity index (χ1) is 8.52. The van der Waals surface area contributed by atoms with Gasteiger partial charge < -0.3 is 9.67 Å². The fraction of sp³-hybridized carbons (Fsp3) is 0.429. The van der Waals surface area contributed by atoms with Gasteiger partial charge in [0, 0.05) is 11.6 Å². The number of rotatable bonds is 3. The molecule has 1 aromatic heterocycles. The van der Waals surface area contributed by atoms with Gasteiger partial charge in [-0.2, -0.15) is 0 Å². The van der Waals surface area contributed by atoms with E-state index in [1.807, 2.05) is 4.57 Å². The van der Waals surface area contributed by atoms with Crippen LogP contribution in [0.3, 0.4) is 0 Å². The van der Waals surface area contributed by atoms with Gasteiger partial charge in [-0.1, -0.05) is 17.2 Å². The van der Waals surface area contributed by atoms with Crippen molar-refractivity contribution in [3.63, 3.8) is 0 Å². The van der Waals surface area contributed by atoms with Crippen molar-refractivity contribution < 1.29 is 5.11 Å². The summed E-state index contributed by atoms with van der Waals surface area (Å²) in [5, 5.41) is 17.6. The van der Waals surface area contributed by atoms with Crippen molar-refractivity contribution >= 4 is 0 Å². The minimum atomic E-state index is -0.0873. The Labute approximate surface area is 107 Å². The summed E-state index contributed by atoms with van der Waals surface area (Å²) in [4.78, 5) is 0. The van der Waals surface area contributed by atoms with Crippen molar-refractivity contribution in [3.8, 4) is 11.4 Å². The topological polar surface area (TPSA) is 50.9 Å². The van der Waals surface area contributed by atoms with Crippen LogP contribution in [0.15, 0.2) is 18.2 Å². The monoisotopic (exact) mass is 245 g/mol. The van der Waals surface area contributed by atoms with E-state index < -0.39 is 0 Å². The molecule has 1 aromatic carbocycles. The summed E-state index contributed by atoms with van der Waals surface area (Å²) in [5.41, 5.74) is 3.45. The maximum atomic E-state index is 9.31. The fourth-order valence-corrected chi connectivity index (χ4v) is 2.27. The lowest BCUT2D eigenvalue weighted by atomic mass is 10.1. The predicted molar refractivity (Wildman–Crippen MR) is 71.2 cm³/mol. The number of hydrogen-bond acceptors (Lipinski definition) is 3. The Balaban J connectivity index is 2.60. The first-order valence-electron chi connectivity index (χ1n) is 6.16. The highest BCUT2D eigenvalue weighted by molar-refractivity contribution is 5.58. The highest BCUT2D eigenvalue weighted by atomic mass is 16.3. The first kappa shape index (κ1) is 12.8. The van der Waals surface area contributed by atoms with Gasteiger partial charge >= 0.3 is 0 Å². The first-order valence-corrected chi connectivity index (χ1v) is 6.16. The van der Waals surface area contributed by atoms with E-state index in [9.17, 15) is 5.11 Å². The van der Waals surface area contributed by atoms with Gasteiger partial charge in [0.2, 0.25) is 0 Å². The molecule has 0 spiro atoms. The van der Waals surface area contributed by atoms with Crippen LogP contribution in [0.5, 0.6) is 0 Å². The Morgan fingerprint density at radius 1 is 1.11 bits per heavy atom. The molecule has 0 radical (unpaired) electrons. The van der Waals surface area contributed by atoms with Crippen LogP contribution >= 0.6 is 0 Å². The van der Waals surface area contributed by atoms with Gasteiger partial charge in [-0.25, -0.2) is 0 Å². The molecule has 1 N–H and O–H groups in total. The molecule has 0 amide bonds. The number of aliphatic hydroxyl groups is 1. The minimum absolute atomic E-state index is 0.0873. The molecule has 0 aliphatic rings. The van der Waals surface area contributed by atoms with Crippen LogP contribution in [0.2, 0.25) is 0 Å². The Kier molecular flexibility index (Phi) is 3.48. The molecular formula is C14H19N3O. The highest BCUT2D eigenvalue weighted by Gasteiger charge is 2.15. The van der Waals surface area contributed by atoms with Gasteiger partial charge in [-0.05, 0) is 39.8 Å². The van der Waals surface area contributed by atoms with E-state index in [2.05, 4.69) is 56.1 Å². The van der Waals surface area contributed by atoms with Gasteiger partial charge in [0.15, 0.2) is 11.6 Å². The number of aryl methyl sites for hydroxylation is 2. The highest BCUT2D eigenvalue weighted by Crippen LogP contribution is 2.24. The van der Waals surface area contributed by atoms with Gasteiger partial charge in [0.25, 0.3) is 0 Å². The lowest BCUT2D eigenvalue weighted by molar-refractivity contribution is 0.262. The smallest absolute Gasteiger partial charge is 0.164 e. The van der Waals surface area contributed by atoms with Gasteiger partial charge in [0.05, 0.1) is 0 Å². The molecule has 0 aliphatic carbocycles. The Morgan fingerprint density at radius 3 is 2.22 bits per heavy atom. The van der Waals surface area contributed by atoms with E-state index in [0.717, 1.165) is 11.4 Å². The third-order valence-corrected chi connectivity index (χ3v) is 2.90. The summed E-state index contributed by atoms with van der Waals surface area (Å²) >= 11 is 0. The number of nitrogens with zero attached hydrogens (tertiary/aromatic N) is 3. The van der Waals surface area contributed by atoms with Crippen LogP contribution in [-0.2, 0) is 6.61 Å². The summed E-state index contributed by atoms with van der Waals surface area (Å²) in [6.07, 6.45) is 0. The average molecular weight is 245 g/mol. The maximum Gasteiger partial charge on any atom is 0.164 e. The molecule has 0 atom stereocenters. The molecule has 0 fully saturated rings. The van der Waals surface area contributed by atoms with Crippen LogP contribution in [0.1, 0.15) is 36.8 Å². The zero-order valence-corrected chi connectivity index (χ0v) is 11.3. The van der Waals surface area contributed by atoms with Gasteiger partial charge in [-0.15, -0.1) is 10.2 Å². The second kappa shape index (κ2) is 4.90. The van der Waals surface area contributed by atoms with Crippen molar-refractivity contribution in [2.75, 3.05) is 0 Å². The predicted octanol–water partition coefficient (Wildman–Crippen LogP) is 2.64. The van der Waals surface area contributed by atoms with Gasteiger partial charge in [-0.3, -0.25) is 0 Å². The largest absolute Gasteiger partial charge is 0.388 e. The minimum Gasteiger partial charge on any atom is -0.388 e. The van der Waals surface area contributed by atoms with Gasteiger partial charge in [0.1, 0.15) is 6.61 Å².